The average Bonchev–Trinajstić information content (AvgIpc) is 2.49. The largest absolute Gasteiger partial charge is 0.435 e. The van der Waals surface area contributed by atoms with Crippen molar-refractivity contribution in [2.45, 2.75) is 6.61 Å². The van der Waals surface area contributed by atoms with Crippen molar-refractivity contribution >= 4 is 17.4 Å². The van der Waals surface area contributed by atoms with Gasteiger partial charge in [0.05, 0.1) is 0 Å². The number of nitrogens with zero attached hydrogens (tertiary/aromatic N) is 2. The van der Waals surface area contributed by atoms with Crippen molar-refractivity contribution in [2.75, 3.05) is 17.7 Å². The van der Waals surface area contributed by atoms with Crippen molar-refractivity contribution in [3.63, 3.8) is 0 Å². The minimum Gasteiger partial charge on any atom is -0.435 e. The molecule has 1 aromatic heterocycles. The lowest BCUT2D eigenvalue weighted by molar-refractivity contribution is -0.0498. The molecule has 0 aliphatic rings. The van der Waals surface area contributed by atoms with Gasteiger partial charge in [0, 0.05) is 12.7 Å². The molecular weight excluding hydrogens is 282 g/mol. The molecule has 0 unspecified atom stereocenters. The van der Waals surface area contributed by atoms with Gasteiger partial charge in [-0.2, -0.15) is 8.78 Å². The molecular formula is C13H12F2N4O2. The van der Waals surface area contributed by atoms with Gasteiger partial charge in [0.2, 0.25) is 0 Å². The average molecular weight is 294 g/mol. The highest BCUT2D eigenvalue weighted by atomic mass is 19.3. The monoisotopic (exact) mass is 294 g/mol. The number of nitrogens with one attached hydrogen (secondary N) is 2. The van der Waals surface area contributed by atoms with E-state index in [2.05, 4.69) is 25.6 Å². The lowest BCUT2D eigenvalue weighted by Crippen LogP contribution is -2.14. The molecule has 6 nitrogen and oxygen atoms in total. The van der Waals surface area contributed by atoms with Gasteiger partial charge in [0.1, 0.15) is 11.6 Å². The van der Waals surface area contributed by atoms with Gasteiger partial charge in [-0.15, -0.1) is 10.2 Å². The van der Waals surface area contributed by atoms with Gasteiger partial charge in [-0.3, -0.25) is 4.79 Å². The molecule has 0 aliphatic carbocycles. The van der Waals surface area contributed by atoms with Crippen molar-refractivity contribution in [3.05, 3.63) is 42.1 Å². The molecule has 0 radical (unpaired) electrons. The highest BCUT2D eigenvalue weighted by molar-refractivity contribution is 6.02. The van der Waals surface area contributed by atoms with Crippen LogP contribution < -0.4 is 15.4 Å². The van der Waals surface area contributed by atoms with Crippen molar-refractivity contribution in [3.8, 4) is 5.75 Å². The van der Waals surface area contributed by atoms with Crippen LogP contribution in [-0.2, 0) is 0 Å². The molecule has 0 aliphatic heterocycles. The second kappa shape index (κ2) is 6.60. The maximum Gasteiger partial charge on any atom is 0.387 e. The zero-order valence-electron chi connectivity index (χ0n) is 11.0. The van der Waals surface area contributed by atoms with Crippen molar-refractivity contribution < 1.29 is 18.3 Å². The van der Waals surface area contributed by atoms with Crippen molar-refractivity contribution in [1.82, 2.24) is 10.2 Å². The predicted octanol–water partition coefficient (Wildman–Crippen LogP) is 2.37. The molecule has 0 saturated carbocycles. The highest BCUT2D eigenvalue weighted by Gasteiger charge is 2.09. The Balaban J connectivity index is 2.01. The van der Waals surface area contributed by atoms with E-state index in [1.165, 1.54) is 30.3 Å². The van der Waals surface area contributed by atoms with Crippen LogP contribution in [0.15, 0.2) is 36.4 Å². The molecule has 2 N–H and O–H groups in total. The van der Waals surface area contributed by atoms with Gasteiger partial charge in [-0.1, -0.05) is 0 Å². The van der Waals surface area contributed by atoms with Crippen LogP contribution in [0.25, 0.3) is 0 Å². The van der Waals surface area contributed by atoms with E-state index < -0.39 is 12.5 Å². The van der Waals surface area contributed by atoms with E-state index in [9.17, 15) is 13.6 Å². The summed E-state index contributed by atoms with van der Waals surface area (Å²) in [7, 11) is 1.69. The molecule has 8 heteroatoms. The Kier molecular flexibility index (Phi) is 4.60. The van der Waals surface area contributed by atoms with E-state index >= 15 is 0 Å². The van der Waals surface area contributed by atoms with E-state index in [1.54, 1.807) is 13.1 Å². The fraction of sp³-hybridized carbons (Fsp3) is 0.154. The molecule has 21 heavy (non-hydrogen) atoms. The van der Waals surface area contributed by atoms with Crippen LogP contribution in [-0.4, -0.2) is 29.8 Å². The van der Waals surface area contributed by atoms with Crippen LogP contribution in [0.5, 0.6) is 5.75 Å². The number of hydrogen-bond donors (Lipinski definition) is 2. The molecule has 0 bridgehead atoms. The first-order valence-electron chi connectivity index (χ1n) is 5.96. The molecule has 110 valence electrons. The van der Waals surface area contributed by atoms with Crippen LogP contribution in [0.1, 0.15) is 10.5 Å². The summed E-state index contributed by atoms with van der Waals surface area (Å²) in [4.78, 5) is 11.9. The summed E-state index contributed by atoms with van der Waals surface area (Å²) in [6, 6.07) is 8.69. The summed E-state index contributed by atoms with van der Waals surface area (Å²) in [6.07, 6.45) is 0. The lowest BCUT2D eigenvalue weighted by Gasteiger charge is -2.07. The first-order valence-corrected chi connectivity index (χ1v) is 5.96. The van der Waals surface area contributed by atoms with Crippen molar-refractivity contribution in [2.24, 2.45) is 0 Å². The topological polar surface area (TPSA) is 76.1 Å². The molecule has 0 fully saturated rings. The summed E-state index contributed by atoms with van der Waals surface area (Å²) >= 11 is 0. The molecule has 0 atom stereocenters. The predicted molar refractivity (Wildman–Crippen MR) is 72.6 cm³/mol. The van der Waals surface area contributed by atoms with Crippen LogP contribution in [0.4, 0.5) is 20.3 Å². The SMILES string of the molecule is CNc1ccc(C(=O)Nc2ccc(OC(F)F)cc2)nn1. The molecule has 0 spiro atoms. The quantitative estimate of drug-likeness (QED) is 0.885. The third kappa shape index (κ3) is 4.10. The van der Waals surface area contributed by atoms with Crippen LogP contribution in [0.2, 0.25) is 0 Å². The van der Waals surface area contributed by atoms with Crippen molar-refractivity contribution in [1.29, 1.82) is 0 Å². The summed E-state index contributed by atoms with van der Waals surface area (Å²) < 4.78 is 28.2. The van der Waals surface area contributed by atoms with Gasteiger partial charge in [0.25, 0.3) is 5.91 Å². The third-order valence-electron chi connectivity index (χ3n) is 2.49. The van der Waals surface area contributed by atoms with Crippen LogP contribution >= 0.6 is 0 Å². The van der Waals surface area contributed by atoms with Crippen LogP contribution in [0, 0.1) is 0 Å². The van der Waals surface area contributed by atoms with Gasteiger partial charge in [-0.25, -0.2) is 0 Å². The Labute approximate surface area is 119 Å². The van der Waals surface area contributed by atoms with E-state index in [1.807, 2.05) is 0 Å². The highest BCUT2D eigenvalue weighted by Crippen LogP contribution is 2.18. The maximum atomic E-state index is 12.0. The number of rotatable bonds is 5. The normalized spacial score (nSPS) is 10.3. The Morgan fingerprint density at radius 3 is 2.38 bits per heavy atom. The molecule has 1 aromatic carbocycles. The van der Waals surface area contributed by atoms with Gasteiger partial charge < -0.3 is 15.4 Å². The van der Waals surface area contributed by atoms with E-state index in [4.69, 9.17) is 0 Å². The zero-order valence-corrected chi connectivity index (χ0v) is 11.0. The maximum absolute atomic E-state index is 12.0. The summed E-state index contributed by atoms with van der Waals surface area (Å²) in [5, 5.41) is 12.9. The van der Waals surface area contributed by atoms with E-state index in [0.29, 0.717) is 11.5 Å². The standard InChI is InChI=1S/C13H12F2N4O2/c1-16-11-7-6-10(18-19-11)12(20)17-8-2-4-9(5-3-8)21-13(14)15/h2-7,13H,1H3,(H,16,19)(H,17,20). The number of aromatic nitrogens is 2. The number of anilines is 2. The van der Waals surface area contributed by atoms with Crippen LogP contribution in [0.3, 0.4) is 0 Å². The fourth-order valence-electron chi connectivity index (χ4n) is 1.50. The number of amides is 1. The number of benzene rings is 1. The number of carbonyl (C=O) groups is 1. The Morgan fingerprint density at radius 1 is 1.14 bits per heavy atom. The van der Waals surface area contributed by atoms with Gasteiger partial charge in [0.15, 0.2) is 5.69 Å². The molecule has 2 rings (SSSR count). The third-order valence-corrected chi connectivity index (χ3v) is 2.49. The zero-order chi connectivity index (χ0) is 15.2. The number of halogens is 2. The van der Waals surface area contributed by atoms with E-state index in [0.717, 1.165) is 0 Å². The summed E-state index contributed by atoms with van der Waals surface area (Å²) in [5.74, 6) is 0.105. The summed E-state index contributed by atoms with van der Waals surface area (Å²) in [5.41, 5.74) is 0.572. The minimum absolute atomic E-state index is 0.0150. The molecule has 1 amide bonds. The van der Waals surface area contributed by atoms with Gasteiger partial charge >= 0.3 is 6.61 Å². The van der Waals surface area contributed by atoms with E-state index in [-0.39, 0.29) is 11.4 Å². The Bertz CT molecular complexity index is 603. The second-order valence-electron chi connectivity index (χ2n) is 3.91. The fourth-order valence-corrected chi connectivity index (χ4v) is 1.50. The first kappa shape index (κ1) is 14.6. The number of hydrogen-bond acceptors (Lipinski definition) is 5. The smallest absolute Gasteiger partial charge is 0.387 e. The lowest BCUT2D eigenvalue weighted by atomic mass is 10.3. The molecule has 2 aromatic rings. The number of alkyl halides is 2. The minimum atomic E-state index is -2.88. The molecule has 0 saturated heterocycles. The Morgan fingerprint density at radius 2 is 1.86 bits per heavy atom. The first-order chi connectivity index (χ1) is 10.1. The molecule has 1 heterocycles. The summed E-state index contributed by atoms with van der Waals surface area (Å²) in [6.45, 7) is -2.88. The number of ether oxygens (including phenoxy) is 1. The Hall–Kier alpha value is -2.77. The van der Waals surface area contributed by atoms with Gasteiger partial charge in [-0.05, 0) is 36.4 Å². The number of carbonyl (C=O) groups excluding carboxylic acids is 1. The second-order valence-corrected chi connectivity index (χ2v) is 3.91.